The van der Waals surface area contributed by atoms with Crippen molar-refractivity contribution in [2.75, 3.05) is 12.3 Å². The molecule has 2 rings (SSSR count). The number of nitrogens with two attached hydrogens (primary N) is 1. The van der Waals surface area contributed by atoms with E-state index in [9.17, 15) is 0 Å². The molecule has 20 heavy (non-hydrogen) atoms. The second-order valence-corrected chi connectivity index (χ2v) is 5.65. The maximum Gasteiger partial charge on any atom is 0.138 e. The number of ether oxygens (including phenoxy) is 1. The molecule has 0 fully saturated rings. The average Bonchev–Trinajstić information content (AvgIpc) is 2.88. The zero-order chi connectivity index (χ0) is 14.5. The fourth-order valence-electron chi connectivity index (χ4n) is 1.85. The van der Waals surface area contributed by atoms with Gasteiger partial charge in [0.1, 0.15) is 17.9 Å². The molecule has 0 bridgehead atoms. The van der Waals surface area contributed by atoms with Crippen molar-refractivity contribution in [1.29, 1.82) is 0 Å². The van der Waals surface area contributed by atoms with Gasteiger partial charge in [-0.1, -0.05) is 0 Å². The van der Waals surface area contributed by atoms with Gasteiger partial charge in [-0.05, 0) is 39.0 Å². The molecule has 0 atom stereocenters. The van der Waals surface area contributed by atoms with E-state index >= 15 is 0 Å². The van der Waals surface area contributed by atoms with Crippen LogP contribution < -0.4 is 10.5 Å². The third kappa shape index (κ3) is 3.45. The predicted octanol–water partition coefficient (Wildman–Crippen LogP) is 3.13. The second kappa shape index (κ2) is 6.65. The van der Waals surface area contributed by atoms with E-state index in [-0.39, 0.29) is 0 Å². The van der Waals surface area contributed by atoms with Crippen LogP contribution in [0.5, 0.6) is 5.75 Å². The summed E-state index contributed by atoms with van der Waals surface area (Å²) in [5.41, 5.74) is 6.76. The maximum atomic E-state index is 6.00. The first-order chi connectivity index (χ1) is 9.61. The Morgan fingerprint density at radius 2 is 2.20 bits per heavy atom. The average molecular weight is 292 g/mol. The molecule has 2 aromatic rings. The van der Waals surface area contributed by atoms with Crippen LogP contribution in [0, 0.1) is 0 Å². The number of anilines is 1. The molecule has 2 N–H and O–H groups in total. The van der Waals surface area contributed by atoms with E-state index in [1.165, 1.54) is 0 Å². The van der Waals surface area contributed by atoms with Crippen molar-refractivity contribution < 1.29 is 4.74 Å². The standard InChI is InChI=1S/C14H20N4OS/c1-4-19-11-5-6-12(15)13(7-11)20-8-14-16-9-17-18(14)10(2)3/h5-7,9-10H,4,8,15H2,1-3H3. The summed E-state index contributed by atoms with van der Waals surface area (Å²) in [7, 11) is 0. The normalized spacial score (nSPS) is 11.0. The summed E-state index contributed by atoms with van der Waals surface area (Å²) >= 11 is 1.65. The topological polar surface area (TPSA) is 66.0 Å². The molecule has 1 aromatic carbocycles. The van der Waals surface area contributed by atoms with E-state index in [1.54, 1.807) is 18.1 Å². The summed E-state index contributed by atoms with van der Waals surface area (Å²) in [6, 6.07) is 6.04. The minimum atomic E-state index is 0.306. The molecule has 0 spiro atoms. The third-order valence-electron chi connectivity index (χ3n) is 2.79. The Kier molecular flexibility index (Phi) is 4.89. The van der Waals surface area contributed by atoms with Crippen LogP contribution in [0.1, 0.15) is 32.6 Å². The molecule has 0 aliphatic rings. The van der Waals surface area contributed by atoms with Crippen LogP contribution in [0.4, 0.5) is 5.69 Å². The molecule has 0 aliphatic heterocycles. The zero-order valence-corrected chi connectivity index (χ0v) is 12.9. The highest BCUT2D eigenvalue weighted by molar-refractivity contribution is 7.98. The second-order valence-electron chi connectivity index (χ2n) is 4.64. The van der Waals surface area contributed by atoms with Crippen molar-refractivity contribution in [3.63, 3.8) is 0 Å². The number of rotatable bonds is 6. The van der Waals surface area contributed by atoms with Gasteiger partial charge in [0.2, 0.25) is 0 Å². The summed E-state index contributed by atoms with van der Waals surface area (Å²) < 4.78 is 7.42. The van der Waals surface area contributed by atoms with E-state index < -0.39 is 0 Å². The third-order valence-corrected chi connectivity index (χ3v) is 3.86. The van der Waals surface area contributed by atoms with Crippen LogP contribution in [0.25, 0.3) is 0 Å². The molecule has 5 nitrogen and oxygen atoms in total. The van der Waals surface area contributed by atoms with Crippen molar-refractivity contribution in [3.05, 3.63) is 30.4 Å². The van der Waals surface area contributed by atoms with Crippen LogP contribution in [-0.2, 0) is 5.75 Å². The Balaban J connectivity index is 2.10. The Bertz CT molecular complexity index is 568. The number of aromatic nitrogens is 3. The maximum absolute atomic E-state index is 6.00. The molecule has 6 heteroatoms. The monoisotopic (exact) mass is 292 g/mol. The van der Waals surface area contributed by atoms with Gasteiger partial charge >= 0.3 is 0 Å². The lowest BCUT2D eigenvalue weighted by atomic mass is 10.3. The fraction of sp³-hybridized carbons (Fsp3) is 0.429. The first kappa shape index (κ1) is 14.7. The lowest BCUT2D eigenvalue weighted by Gasteiger charge is -2.11. The predicted molar refractivity (Wildman–Crippen MR) is 82.0 cm³/mol. The van der Waals surface area contributed by atoms with E-state index in [0.29, 0.717) is 12.6 Å². The van der Waals surface area contributed by atoms with E-state index in [1.807, 2.05) is 29.8 Å². The highest BCUT2D eigenvalue weighted by Gasteiger charge is 2.09. The van der Waals surface area contributed by atoms with Crippen molar-refractivity contribution in [2.45, 2.75) is 37.5 Å². The van der Waals surface area contributed by atoms with Crippen LogP contribution >= 0.6 is 11.8 Å². The summed E-state index contributed by atoms with van der Waals surface area (Å²) in [6.07, 6.45) is 1.59. The molecule has 1 heterocycles. The molecular weight excluding hydrogens is 272 g/mol. The number of thioether (sulfide) groups is 1. The Labute approximate surface area is 123 Å². The van der Waals surface area contributed by atoms with Gasteiger partial charge in [0, 0.05) is 16.6 Å². The van der Waals surface area contributed by atoms with Crippen molar-refractivity contribution in [3.8, 4) is 5.75 Å². The number of nitrogen functional groups attached to an aromatic ring is 1. The van der Waals surface area contributed by atoms with Gasteiger partial charge in [-0.3, -0.25) is 0 Å². The lowest BCUT2D eigenvalue weighted by molar-refractivity contribution is 0.339. The lowest BCUT2D eigenvalue weighted by Crippen LogP contribution is -2.07. The first-order valence-electron chi connectivity index (χ1n) is 6.65. The van der Waals surface area contributed by atoms with Crippen LogP contribution in [0.3, 0.4) is 0 Å². The number of nitrogens with zero attached hydrogens (tertiary/aromatic N) is 3. The van der Waals surface area contributed by atoms with Crippen LogP contribution in [-0.4, -0.2) is 21.4 Å². The summed E-state index contributed by atoms with van der Waals surface area (Å²) in [5, 5.41) is 4.23. The van der Waals surface area contributed by atoms with Gasteiger partial charge < -0.3 is 10.5 Å². The van der Waals surface area contributed by atoms with Gasteiger partial charge in [-0.15, -0.1) is 11.8 Å². The first-order valence-corrected chi connectivity index (χ1v) is 7.64. The highest BCUT2D eigenvalue weighted by atomic mass is 32.2. The zero-order valence-electron chi connectivity index (χ0n) is 12.0. The number of hydrogen-bond acceptors (Lipinski definition) is 5. The highest BCUT2D eigenvalue weighted by Crippen LogP contribution is 2.31. The van der Waals surface area contributed by atoms with Crippen LogP contribution in [0.2, 0.25) is 0 Å². The largest absolute Gasteiger partial charge is 0.494 e. The van der Waals surface area contributed by atoms with Gasteiger partial charge in [-0.2, -0.15) is 5.10 Å². The van der Waals surface area contributed by atoms with Crippen molar-refractivity contribution >= 4 is 17.4 Å². The molecule has 0 aliphatic carbocycles. The SMILES string of the molecule is CCOc1ccc(N)c(SCc2ncnn2C(C)C)c1. The Morgan fingerprint density at radius 3 is 2.90 bits per heavy atom. The van der Waals surface area contributed by atoms with Gasteiger partial charge in [0.15, 0.2) is 0 Å². The van der Waals surface area contributed by atoms with Gasteiger partial charge in [0.25, 0.3) is 0 Å². The van der Waals surface area contributed by atoms with Crippen LogP contribution in [0.15, 0.2) is 29.4 Å². The van der Waals surface area contributed by atoms with E-state index in [4.69, 9.17) is 10.5 Å². The number of hydrogen-bond donors (Lipinski definition) is 1. The molecule has 108 valence electrons. The summed E-state index contributed by atoms with van der Waals surface area (Å²) in [4.78, 5) is 5.31. The minimum absolute atomic E-state index is 0.306. The molecule has 0 saturated carbocycles. The Hall–Kier alpha value is -1.69. The quantitative estimate of drug-likeness (QED) is 0.654. The fourth-order valence-corrected chi connectivity index (χ4v) is 2.77. The molecule has 0 radical (unpaired) electrons. The molecule has 0 unspecified atom stereocenters. The minimum Gasteiger partial charge on any atom is -0.494 e. The summed E-state index contributed by atoms with van der Waals surface area (Å²) in [5.74, 6) is 2.53. The van der Waals surface area contributed by atoms with E-state index in [2.05, 4.69) is 23.9 Å². The van der Waals surface area contributed by atoms with Crippen molar-refractivity contribution in [1.82, 2.24) is 14.8 Å². The smallest absolute Gasteiger partial charge is 0.138 e. The summed E-state index contributed by atoms with van der Waals surface area (Å²) in [6.45, 7) is 6.80. The molecule has 1 aromatic heterocycles. The molecule has 0 saturated heterocycles. The van der Waals surface area contributed by atoms with E-state index in [0.717, 1.165) is 27.9 Å². The number of benzene rings is 1. The molecular formula is C14H20N4OS. The Morgan fingerprint density at radius 1 is 1.40 bits per heavy atom. The van der Waals surface area contributed by atoms with Crippen molar-refractivity contribution in [2.24, 2.45) is 0 Å². The van der Waals surface area contributed by atoms with Gasteiger partial charge in [-0.25, -0.2) is 9.67 Å². The molecule has 0 amide bonds. The van der Waals surface area contributed by atoms with Gasteiger partial charge in [0.05, 0.1) is 12.4 Å².